The van der Waals surface area contributed by atoms with Gasteiger partial charge >= 0.3 is 6.18 Å². The van der Waals surface area contributed by atoms with Crippen LogP contribution in [0.4, 0.5) is 24.9 Å². The average Bonchev–Trinajstić information content (AvgIpc) is 2.62. The zero-order chi connectivity index (χ0) is 19.4. The molecule has 1 fully saturated rings. The summed E-state index contributed by atoms with van der Waals surface area (Å²) in [5, 5.41) is 3.36. The third-order valence-corrected chi connectivity index (χ3v) is 4.60. The maximum atomic E-state index is 12.9. The Morgan fingerprint density at radius 1 is 1.26 bits per heavy atom. The molecule has 0 aliphatic carbocycles. The Morgan fingerprint density at radius 2 is 2.07 bits per heavy atom. The first-order valence-electron chi connectivity index (χ1n) is 8.96. The number of rotatable bonds is 5. The van der Waals surface area contributed by atoms with Crippen molar-refractivity contribution in [3.63, 3.8) is 0 Å². The SMILES string of the molecule is CN(C)c1ccnc(NC2CCCN(Cc3cccc(C(F)(F)F)c3)C2)n1. The van der Waals surface area contributed by atoms with Crippen molar-refractivity contribution in [3.8, 4) is 0 Å². The number of hydrogen-bond donors (Lipinski definition) is 1. The first-order valence-corrected chi connectivity index (χ1v) is 8.96. The molecule has 5 nitrogen and oxygen atoms in total. The molecule has 0 bridgehead atoms. The largest absolute Gasteiger partial charge is 0.416 e. The van der Waals surface area contributed by atoms with E-state index in [2.05, 4.69) is 20.2 Å². The lowest BCUT2D eigenvalue weighted by molar-refractivity contribution is -0.137. The van der Waals surface area contributed by atoms with Gasteiger partial charge in [-0.05, 0) is 37.1 Å². The van der Waals surface area contributed by atoms with Crippen LogP contribution in [0.2, 0.25) is 0 Å². The van der Waals surface area contributed by atoms with Crippen LogP contribution in [0.3, 0.4) is 0 Å². The third kappa shape index (κ3) is 5.32. The number of anilines is 2. The molecule has 1 aliphatic rings. The van der Waals surface area contributed by atoms with Gasteiger partial charge in [-0.15, -0.1) is 0 Å². The summed E-state index contributed by atoms with van der Waals surface area (Å²) < 4.78 is 38.7. The van der Waals surface area contributed by atoms with Crippen LogP contribution >= 0.6 is 0 Å². The molecule has 1 aromatic heterocycles. The van der Waals surface area contributed by atoms with Crippen LogP contribution in [0.5, 0.6) is 0 Å². The summed E-state index contributed by atoms with van der Waals surface area (Å²) in [7, 11) is 3.84. The van der Waals surface area contributed by atoms with E-state index in [0.29, 0.717) is 18.1 Å². The fraction of sp³-hybridized carbons (Fsp3) is 0.474. The number of nitrogens with one attached hydrogen (secondary N) is 1. The van der Waals surface area contributed by atoms with Crippen molar-refractivity contribution in [2.24, 2.45) is 0 Å². The lowest BCUT2D eigenvalue weighted by Gasteiger charge is -2.33. The molecule has 0 saturated carbocycles. The first-order chi connectivity index (χ1) is 12.8. The van der Waals surface area contributed by atoms with Crippen molar-refractivity contribution in [1.82, 2.24) is 14.9 Å². The van der Waals surface area contributed by atoms with Crippen molar-refractivity contribution >= 4 is 11.8 Å². The van der Waals surface area contributed by atoms with E-state index in [1.807, 2.05) is 25.1 Å². The minimum Gasteiger partial charge on any atom is -0.363 e. The molecule has 1 saturated heterocycles. The molecule has 3 rings (SSSR count). The molecule has 1 aliphatic heterocycles. The predicted octanol–water partition coefficient (Wildman–Crippen LogP) is 3.64. The highest BCUT2D eigenvalue weighted by Gasteiger charge is 2.30. The second kappa shape index (κ2) is 8.12. The van der Waals surface area contributed by atoms with Crippen LogP contribution in [0.25, 0.3) is 0 Å². The van der Waals surface area contributed by atoms with E-state index in [-0.39, 0.29) is 6.04 Å². The monoisotopic (exact) mass is 379 g/mol. The minimum atomic E-state index is -4.31. The Labute approximate surface area is 157 Å². The Hall–Kier alpha value is -2.35. The van der Waals surface area contributed by atoms with E-state index in [4.69, 9.17) is 0 Å². The summed E-state index contributed by atoms with van der Waals surface area (Å²) in [6.45, 7) is 2.11. The van der Waals surface area contributed by atoms with Crippen LogP contribution in [-0.2, 0) is 12.7 Å². The molecule has 2 heterocycles. The van der Waals surface area contributed by atoms with Gasteiger partial charge < -0.3 is 10.2 Å². The number of aromatic nitrogens is 2. The fourth-order valence-corrected chi connectivity index (χ4v) is 3.27. The number of benzene rings is 1. The highest BCUT2D eigenvalue weighted by molar-refractivity contribution is 5.41. The maximum absolute atomic E-state index is 12.9. The van der Waals surface area contributed by atoms with Crippen LogP contribution in [0.1, 0.15) is 24.0 Å². The summed E-state index contributed by atoms with van der Waals surface area (Å²) >= 11 is 0. The van der Waals surface area contributed by atoms with Gasteiger partial charge in [0.2, 0.25) is 5.95 Å². The lowest BCUT2D eigenvalue weighted by atomic mass is 10.0. The number of halogens is 3. The van der Waals surface area contributed by atoms with Crippen molar-refractivity contribution in [2.75, 3.05) is 37.4 Å². The fourth-order valence-electron chi connectivity index (χ4n) is 3.27. The number of alkyl halides is 3. The molecular formula is C19H24F3N5. The van der Waals surface area contributed by atoms with E-state index < -0.39 is 11.7 Å². The second-order valence-corrected chi connectivity index (χ2v) is 7.05. The molecule has 1 unspecified atom stereocenters. The van der Waals surface area contributed by atoms with E-state index in [9.17, 15) is 13.2 Å². The maximum Gasteiger partial charge on any atom is 0.416 e. The van der Waals surface area contributed by atoms with E-state index in [1.165, 1.54) is 12.1 Å². The second-order valence-electron chi connectivity index (χ2n) is 7.05. The Bertz CT molecular complexity index is 763. The standard InChI is InChI=1S/C19H24F3N5/c1-26(2)17-8-9-23-18(25-17)24-16-7-4-10-27(13-16)12-14-5-3-6-15(11-14)19(20,21)22/h3,5-6,8-9,11,16H,4,7,10,12-13H2,1-2H3,(H,23,24,25). The van der Waals surface area contributed by atoms with E-state index in [1.54, 1.807) is 12.3 Å². The van der Waals surface area contributed by atoms with Crippen molar-refractivity contribution in [3.05, 3.63) is 47.7 Å². The van der Waals surface area contributed by atoms with Gasteiger partial charge in [-0.25, -0.2) is 4.98 Å². The molecule has 146 valence electrons. The molecule has 0 amide bonds. The van der Waals surface area contributed by atoms with Crippen molar-refractivity contribution in [2.45, 2.75) is 31.6 Å². The van der Waals surface area contributed by atoms with Crippen LogP contribution in [0, 0.1) is 0 Å². The van der Waals surface area contributed by atoms with Crippen LogP contribution in [-0.4, -0.2) is 48.1 Å². The van der Waals surface area contributed by atoms with Gasteiger partial charge in [-0.2, -0.15) is 18.2 Å². The van der Waals surface area contributed by atoms with Gasteiger partial charge in [0.25, 0.3) is 0 Å². The van der Waals surface area contributed by atoms with Crippen LogP contribution in [0.15, 0.2) is 36.5 Å². The summed E-state index contributed by atoms with van der Waals surface area (Å²) in [5.41, 5.74) is 0.0805. The van der Waals surface area contributed by atoms with Gasteiger partial charge in [0, 0.05) is 39.4 Å². The zero-order valence-corrected chi connectivity index (χ0v) is 15.5. The van der Waals surface area contributed by atoms with Crippen LogP contribution < -0.4 is 10.2 Å². The van der Waals surface area contributed by atoms with E-state index >= 15 is 0 Å². The number of piperidine rings is 1. The molecular weight excluding hydrogens is 355 g/mol. The molecule has 2 aromatic rings. The molecule has 0 spiro atoms. The quantitative estimate of drug-likeness (QED) is 0.859. The van der Waals surface area contributed by atoms with Gasteiger partial charge in [-0.3, -0.25) is 4.90 Å². The van der Waals surface area contributed by atoms with Crippen molar-refractivity contribution in [1.29, 1.82) is 0 Å². The summed E-state index contributed by atoms with van der Waals surface area (Å²) in [6.07, 6.45) is -0.636. The molecule has 1 atom stereocenters. The minimum absolute atomic E-state index is 0.168. The number of nitrogens with zero attached hydrogens (tertiary/aromatic N) is 4. The van der Waals surface area contributed by atoms with Gasteiger partial charge in [0.15, 0.2) is 0 Å². The van der Waals surface area contributed by atoms with Gasteiger partial charge in [0.1, 0.15) is 5.82 Å². The van der Waals surface area contributed by atoms with Gasteiger partial charge in [0.05, 0.1) is 5.56 Å². The average molecular weight is 379 g/mol. The molecule has 27 heavy (non-hydrogen) atoms. The molecule has 1 aromatic carbocycles. The Morgan fingerprint density at radius 3 is 2.81 bits per heavy atom. The summed E-state index contributed by atoms with van der Waals surface area (Å²) in [4.78, 5) is 12.8. The predicted molar refractivity (Wildman–Crippen MR) is 99.7 cm³/mol. The smallest absolute Gasteiger partial charge is 0.363 e. The normalized spacial score (nSPS) is 18.3. The summed E-state index contributed by atoms with van der Waals surface area (Å²) in [6, 6.07) is 7.57. The third-order valence-electron chi connectivity index (χ3n) is 4.60. The summed E-state index contributed by atoms with van der Waals surface area (Å²) in [5.74, 6) is 1.40. The first kappa shape index (κ1) is 19.4. The molecule has 8 heteroatoms. The topological polar surface area (TPSA) is 44.3 Å². The number of hydrogen-bond acceptors (Lipinski definition) is 5. The Kier molecular flexibility index (Phi) is 5.84. The molecule has 0 radical (unpaired) electrons. The highest BCUT2D eigenvalue weighted by atomic mass is 19.4. The zero-order valence-electron chi connectivity index (χ0n) is 15.5. The Balaban J connectivity index is 1.62. The van der Waals surface area contributed by atoms with E-state index in [0.717, 1.165) is 37.8 Å². The molecule has 1 N–H and O–H groups in total. The highest BCUT2D eigenvalue weighted by Crippen LogP contribution is 2.30. The lowest BCUT2D eigenvalue weighted by Crippen LogP contribution is -2.42. The van der Waals surface area contributed by atoms with Crippen molar-refractivity contribution < 1.29 is 13.2 Å². The number of likely N-dealkylation sites (tertiary alicyclic amines) is 1. The van der Waals surface area contributed by atoms with Gasteiger partial charge in [-0.1, -0.05) is 18.2 Å².